The minimum Gasteiger partial charge on any atom is -0.357 e. The lowest BCUT2D eigenvalue weighted by atomic mass is 10.4. The molecule has 2 aromatic heterocycles. The normalized spacial score (nSPS) is 13.7. The van der Waals surface area contributed by atoms with Crippen molar-refractivity contribution >= 4 is 11.9 Å². The van der Waals surface area contributed by atoms with Crippen LogP contribution >= 0.6 is 0 Å². The van der Waals surface area contributed by atoms with Crippen LogP contribution in [0.2, 0.25) is 0 Å². The molecule has 2 heterocycles. The molecule has 0 radical (unpaired) electrons. The maximum absolute atomic E-state index is 8.82. The summed E-state index contributed by atoms with van der Waals surface area (Å²) in [6.07, 6.45) is 7.80. The van der Waals surface area contributed by atoms with E-state index >= 15 is 0 Å². The Morgan fingerprint density at radius 2 is 2.29 bits per heavy atom. The van der Waals surface area contributed by atoms with Crippen LogP contribution in [0, 0.1) is 11.3 Å². The number of hydrogen-bond donors (Lipinski definition) is 1. The minimum absolute atomic E-state index is 0.432. The molecule has 0 aromatic carbocycles. The van der Waals surface area contributed by atoms with Gasteiger partial charge in [-0.1, -0.05) is 0 Å². The molecule has 0 atom stereocenters. The van der Waals surface area contributed by atoms with Crippen LogP contribution in [-0.2, 0) is 0 Å². The Morgan fingerprint density at radius 3 is 2.90 bits per heavy atom. The molecule has 0 spiro atoms. The second kappa shape index (κ2) is 5.75. The summed E-state index contributed by atoms with van der Waals surface area (Å²) in [7, 11) is 1.77. The first-order valence-electron chi connectivity index (χ1n) is 6.87. The second-order valence-electron chi connectivity index (χ2n) is 4.81. The van der Waals surface area contributed by atoms with Crippen molar-refractivity contribution in [1.82, 2.24) is 24.5 Å². The maximum atomic E-state index is 8.82. The Balaban J connectivity index is 1.96. The number of aromatic nitrogens is 5. The third kappa shape index (κ3) is 2.91. The van der Waals surface area contributed by atoms with Gasteiger partial charge in [-0.05, 0) is 12.8 Å². The van der Waals surface area contributed by atoms with Crippen molar-refractivity contribution in [2.75, 3.05) is 23.8 Å². The molecule has 1 N–H and O–H groups in total. The lowest BCUT2D eigenvalue weighted by Gasteiger charge is -2.21. The maximum Gasteiger partial charge on any atom is 0.241 e. The van der Waals surface area contributed by atoms with Crippen LogP contribution in [-0.4, -0.2) is 44.1 Å². The zero-order valence-corrected chi connectivity index (χ0v) is 11.8. The van der Waals surface area contributed by atoms with E-state index in [2.05, 4.69) is 36.2 Å². The fourth-order valence-corrected chi connectivity index (χ4v) is 2.09. The summed E-state index contributed by atoms with van der Waals surface area (Å²) >= 11 is 0. The van der Waals surface area contributed by atoms with Gasteiger partial charge in [0.05, 0.1) is 12.5 Å². The number of hydrogen-bond acceptors (Lipinski definition) is 7. The lowest BCUT2D eigenvalue weighted by Crippen LogP contribution is -2.29. The highest BCUT2D eigenvalue weighted by atomic mass is 15.4. The van der Waals surface area contributed by atoms with Gasteiger partial charge in [-0.2, -0.15) is 20.2 Å². The molecule has 8 nitrogen and oxygen atoms in total. The molecule has 3 rings (SSSR count). The largest absolute Gasteiger partial charge is 0.357 e. The molecule has 0 bridgehead atoms. The molecule has 108 valence electrons. The third-order valence-corrected chi connectivity index (χ3v) is 3.28. The van der Waals surface area contributed by atoms with Crippen LogP contribution in [0.4, 0.5) is 11.9 Å². The molecule has 2 aromatic rings. The van der Waals surface area contributed by atoms with E-state index in [4.69, 9.17) is 5.26 Å². The van der Waals surface area contributed by atoms with E-state index in [1.165, 1.54) is 0 Å². The fraction of sp³-hybridized carbons (Fsp3) is 0.462. The highest BCUT2D eigenvalue weighted by Gasteiger charge is 2.31. The summed E-state index contributed by atoms with van der Waals surface area (Å²) < 4.78 is 1.74. The van der Waals surface area contributed by atoms with Gasteiger partial charge in [-0.25, -0.2) is 4.98 Å². The van der Waals surface area contributed by atoms with E-state index in [1.54, 1.807) is 30.3 Å². The first kappa shape index (κ1) is 13.3. The summed E-state index contributed by atoms with van der Waals surface area (Å²) in [6.45, 7) is 0.637. The van der Waals surface area contributed by atoms with Gasteiger partial charge in [0.25, 0.3) is 0 Å². The van der Waals surface area contributed by atoms with Crippen molar-refractivity contribution in [1.29, 1.82) is 5.26 Å². The smallest absolute Gasteiger partial charge is 0.241 e. The SMILES string of the molecule is CNc1nc(N(CCC#N)C2CC2)nc(-n2ccnc2)n1. The lowest BCUT2D eigenvalue weighted by molar-refractivity contribution is 0.746. The first-order valence-corrected chi connectivity index (χ1v) is 6.87. The highest BCUT2D eigenvalue weighted by Crippen LogP contribution is 2.30. The van der Waals surface area contributed by atoms with E-state index in [9.17, 15) is 0 Å². The van der Waals surface area contributed by atoms with Gasteiger partial charge in [0.2, 0.25) is 17.8 Å². The third-order valence-electron chi connectivity index (χ3n) is 3.28. The Hall–Kier alpha value is -2.69. The average molecular weight is 284 g/mol. The van der Waals surface area contributed by atoms with Gasteiger partial charge >= 0.3 is 0 Å². The topological polar surface area (TPSA) is 95.6 Å². The zero-order chi connectivity index (χ0) is 14.7. The van der Waals surface area contributed by atoms with E-state index < -0.39 is 0 Å². The van der Waals surface area contributed by atoms with Crippen LogP contribution in [0.25, 0.3) is 5.95 Å². The molecule has 1 aliphatic carbocycles. The summed E-state index contributed by atoms with van der Waals surface area (Å²) in [5, 5.41) is 11.8. The van der Waals surface area contributed by atoms with Gasteiger partial charge < -0.3 is 10.2 Å². The van der Waals surface area contributed by atoms with Crippen LogP contribution in [0.15, 0.2) is 18.7 Å². The molecule has 0 amide bonds. The molecule has 0 saturated heterocycles. The van der Waals surface area contributed by atoms with E-state index in [0.717, 1.165) is 12.8 Å². The summed E-state index contributed by atoms with van der Waals surface area (Å²) in [5.74, 6) is 1.63. The first-order chi connectivity index (χ1) is 10.3. The predicted octanol–water partition coefficient (Wildman–Crippen LogP) is 0.981. The number of rotatable bonds is 6. The minimum atomic E-state index is 0.432. The van der Waals surface area contributed by atoms with Crippen LogP contribution < -0.4 is 10.2 Å². The number of imidazole rings is 1. The van der Waals surface area contributed by atoms with Crippen molar-refractivity contribution in [3.05, 3.63) is 18.7 Å². The Morgan fingerprint density at radius 1 is 1.43 bits per heavy atom. The van der Waals surface area contributed by atoms with Crippen molar-refractivity contribution in [2.24, 2.45) is 0 Å². The van der Waals surface area contributed by atoms with Gasteiger partial charge in [0.15, 0.2) is 0 Å². The average Bonchev–Trinajstić information content (AvgIpc) is 3.20. The highest BCUT2D eigenvalue weighted by molar-refractivity contribution is 5.42. The molecular weight excluding hydrogens is 268 g/mol. The quantitative estimate of drug-likeness (QED) is 0.844. The van der Waals surface area contributed by atoms with Crippen LogP contribution in [0.3, 0.4) is 0 Å². The van der Waals surface area contributed by atoms with Crippen LogP contribution in [0.1, 0.15) is 19.3 Å². The monoisotopic (exact) mass is 284 g/mol. The molecule has 1 aliphatic rings. The van der Waals surface area contributed by atoms with Gasteiger partial charge in [-0.15, -0.1) is 0 Å². The van der Waals surface area contributed by atoms with Gasteiger partial charge in [0.1, 0.15) is 6.33 Å². The Bertz CT molecular complexity index is 641. The summed E-state index contributed by atoms with van der Waals surface area (Å²) in [6, 6.07) is 2.61. The second-order valence-corrected chi connectivity index (χ2v) is 4.81. The molecule has 0 unspecified atom stereocenters. The standard InChI is InChI=1S/C13H16N8/c1-15-11-17-12(20-8-6-16-9-20)19-13(18-11)21(7-2-5-14)10-3-4-10/h6,8-10H,2-4,7H2,1H3,(H,15,17,18,19). The predicted molar refractivity (Wildman–Crippen MR) is 77.1 cm³/mol. The van der Waals surface area contributed by atoms with Gasteiger partial charge in [0, 0.05) is 32.0 Å². The Labute approximate surface area is 122 Å². The number of nitrogens with one attached hydrogen (secondary N) is 1. The number of anilines is 2. The Kier molecular flexibility index (Phi) is 3.64. The number of nitriles is 1. The van der Waals surface area contributed by atoms with Crippen molar-refractivity contribution in [2.45, 2.75) is 25.3 Å². The molecule has 1 saturated carbocycles. The molecule has 0 aliphatic heterocycles. The van der Waals surface area contributed by atoms with Crippen LogP contribution in [0.5, 0.6) is 0 Å². The molecule has 8 heteroatoms. The van der Waals surface area contributed by atoms with E-state index in [-0.39, 0.29) is 0 Å². The van der Waals surface area contributed by atoms with E-state index in [1.807, 2.05) is 0 Å². The zero-order valence-electron chi connectivity index (χ0n) is 11.8. The molecule has 21 heavy (non-hydrogen) atoms. The fourth-order valence-electron chi connectivity index (χ4n) is 2.09. The van der Waals surface area contributed by atoms with Gasteiger partial charge in [-0.3, -0.25) is 4.57 Å². The van der Waals surface area contributed by atoms with Crippen molar-refractivity contribution in [3.63, 3.8) is 0 Å². The van der Waals surface area contributed by atoms with Crippen molar-refractivity contribution < 1.29 is 0 Å². The molecular formula is C13H16N8. The van der Waals surface area contributed by atoms with Crippen molar-refractivity contribution in [3.8, 4) is 12.0 Å². The summed E-state index contributed by atoms with van der Waals surface area (Å²) in [4.78, 5) is 19.4. The summed E-state index contributed by atoms with van der Waals surface area (Å²) in [5.41, 5.74) is 0. The van der Waals surface area contributed by atoms with E-state index in [0.29, 0.717) is 36.9 Å². The molecule has 1 fully saturated rings. The number of nitrogens with zero attached hydrogens (tertiary/aromatic N) is 7.